The van der Waals surface area contributed by atoms with Crippen LogP contribution in [0.4, 0.5) is 0 Å². The van der Waals surface area contributed by atoms with E-state index in [4.69, 9.17) is 14.8 Å². The van der Waals surface area contributed by atoms with Crippen LogP contribution < -0.4 is 10.3 Å². The highest BCUT2D eigenvalue weighted by Crippen LogP contribution is 2.33. The lowest BCUT2D eigenvalue weighted by molar-refractivity contribution is 0.217. The molecule has 1 aliphatic rings. The minimum Gasteiger partial charge on any atom is -0.493 e. The van der Waals surface area contributed by atoms with Gasteiger partial charge in [-0.15, -0.1) is 5.10 Å². The zero-order chi connectivity index (χ0) is 23.4. The van der Waals surface area contributed by atoms with Crippen molar-refractivity contribution in [2.75, 3.05) is 26.8 Å². The fourth-order valence-corrected chi connectivity index (χ4v) is 4.82. The zero-order valence-corrected chi connectivity index (χ0v) is 19.9. The van der Waals surface area contributed by atoms with Crippen molar-refractivity contribution in [3.8, 4) is 17.1 Å². The lowest BCUT2D eigenvalue weighted by Crippen LogP contribution is -2.21. The molecule has 1 fully saturated rings. The molecule has 0 atom stereocenters. The van der Waals surface area contributed by atoms with Gasteiger partial charge in [-0.1, -0.05) is 31.7 Å². The number of imidazole rings is 1. The summed E-state index contributed by atoms with van der Waals surface area (Å²) >= 11 is 0. The van der Waals surface area contributed by atoms with Gasteiger partial charge in [-0.3, -0.25) is 9.69 Å². The maximum atomic E-state index is 13.1. The van der Waals surface area contributed by atoms with Crippen molar-refractivity contribution in [1.29, 1.82) is 0 Å². The average molecular weight is 454 g/mol. The number of fused-ring (bicyclic) bond motifs is 1. The van der Waals surface area contributed by atoms with Gasteiger partial charge in [-0.05, 0) is 51.4 Å². The molecule has 0 bridgehead atoms. The van der Waals surface area contributed by atoms with Crippen molar-refractivity contribution in [3.63, 3.8) is 0 Å². The minimum absolute atomic E-state index is 0.107. The number of aliphatic hydroxyl groups is 1. The van der Waals surface area contributed by atoms with Crippen molar-refractivity contribution in [2.24, 2.45) is 0 Å². The summed E-state index contributed by atoms with van der Waals surface area (Å²) in [7, 11) is 1.96. The smallest absolute Gasteiger partial charge is 0.277 e. The summed E-state index contributed by atoms with van der Waals surface area (Å²) in [5.74, 6) is 2.38. The van der Waals surface area contributed by atoms with Gasteiger partial charge in [0.2, 0.25) is 0 Å². The van der Waals surface area contributed by atoms with Crippen LogP contribution in [-0.4, -0.2) is 56.4 Å². The molecule has 0 spiro atoms. The van der Waals surface area contributed by atoms with Crippen LogP contribution in [0.3, 0.4) is 0 Å². The topological polar surface area (TPSA) is 95.8 Å². The summed E-state index contributed by atoms with van der Waals surface area (Å²) in [4.78, 5) is 23.0. The van der Waals surface area contributed by atoms with Crippen molar-refractivity contribution >= 4 is 5.52 Å². The standard InChI is InChI=1S/C25H35N5O3/c1-4-33-21-12-11-18(16-29(3)13-14-31)15-20(21)23-27-25(32)22-17(2)26-24(30(22)28-23)19-9-7-5-6-8-10-19/h11-12,15,19,31H,4-10,13-14,16H2,1-3H3,(H,27,28,32). The van der Waals surface area contributed by atoms with Crippen molar-refractivity contribution in [1.82, 2.24) is 24.5 Å². The molecule has 0 aliphatic heterocycles. The SMILES string of the molecule is CCOc1ccc(CN(C)CCO)cc1-c1nn2c(C3CCCCCC3)nc(C)c2c(=O)[nH]1. The second-order valence-electron chi connectivity index (χ2n) is 9.03. The van der Waals surface area contributed by atoms with Crippen LogP contribution in [0, 0.1) is 6.92 Å². The number of aryl methyl sites for hydroxylation is 1. The number of hydrogen-bond acceptors (Lipinski definition) is 6. The molecule has 1 aromatic carbocycles. The Morgan fingerprint density at radius 3 is 2.70 bits per heavy atom. The highest BCUT2D eigenvalue weighted by atomic mass is 16.5. The van der Waals surface area contributed by atoms with Crippen molar-refractivity contribution in [2.45, 2.75) is 64.8 Å². The molecule has 1 saturated carbocycles. The second-order valence-corrected chi connectivity index (χ2v) is 9.03. The fourth-order valence-electron chi connectivity index (χ4n) is 4.82. The molecule has 2 N–H and O–H groups in total. The molecule has 2 aromatic heterocycles. The third kappa shape index (κ3) is 5.12. The highest BCUT2D eigenvalue weighted by Gasteiger charge is 2.24. The molecule has 2 heterocycles. The zero-order valence-electron chi connectivity index (χ0n) is 19.9. The Kier molecular flexibility index (Phi) is 7.45. The predicted molar refractivity (Wildman–Crippen MR) is 129 cm³/mol. The Bertz CT molecular complexity index is 1140. The van der Waals surface area contributed by atoms with Gasteiger partial charge >= 0.3 is 0 Å². The maximum absolute atomic E-state index is 13.1. The van der Waals surface area contributed by atoms with Gasteiger partial charge in [0.15, 0.2) is 11.3 Å². The number of aromatic nitrogens is 4. The second kappa shape index (κ2) is 10.5. The average Bonchev–Trinajstić information content (AvgIpc) is 2.95. The van der Waals surface area contributed by atoms with Gasteiger partial charge in [0.25, 0.3) is 5.56 Å². The first kappa shape index (κ1) is 23.4. The van der Waals surface area contributed by atoms with Crippen LogP contribution in [0.25, 0.3) is 16.9 Å². The number of likely N-dealkylation sites (N-methyl/N-ethyl adjacent to an activating group) is 1. The molecule has 0 saturated heterocycles. The number of benzene rings is 1. The van der Waals surface area contributed by atoms with Crippen LogP contribution in [0.1, 0.15) is 68.4 Å². The largest absolute Gasteiger partial charge is 0.493 e. The normalized spacial score (nSPS) is 15.3. The molecule has 0 unspecified atom stereocenters. The molecule has 178 valence electrons. The predicted octanol–water partition coefficient (Wildman–Crippen LogP) is 3.65. The Labute approximate surface area is 194 Å². The number of aliphatic hydroxyl groups excluding tert-OH is 1. The van der Waals surface area contributed by atoms with E-state index >= 15 is 0 Å². The number of aromatic amines is 1. The summed E-state index contributed by atoms with van der Waals surface area (Å²) in [6, 6.07) is 5.95. The molecule has 0 radical (unpaired) electrons. The Morgan fingerprint density at radius 2 is 2.00 bits per heavy atom. The van der Waals surface area contributed by atoms with E-state index in [1.165, 1.54) is 25.7 Å². The number of rotatable bonds is 8. The molecule has 0 amide bonds. The Morgan fingerprint density at radius 1 is 1.24 bits per heavy atom. The third-order valence-electron chi connectivity index (χ3n) is 6.45. The molecular formula is C25H35N5O3. The van der Waals surface area contributed by atoms with Gasteiger partial charge in [-0.2, -0.15) is 0 Å². The molecule has 3 aromatic rings. The van der Waals surface area contributed by atoms with E-state index in [9.17, 15) is 9.90 Å². The van der Waals surface area contributed by atoms with E-state index < -0.39 is 0 Å². The lowest BCUT2D eigenvalue weighted by atomic mass is 10.00. The van der Waals surface area contributed by atoms with Gasteiger partial charge in [0.05, 0.1) is 24.5 Å². The maximum Gasteiger partial charge on any atom is 0.277 e. The first-order valence-electron chi connectivity index (χ1n) is 12.1. The van der Waals surface area contributed by atoms with Gasteiger partial charge in [0.1, 0.15) is 11.6 Å². The molecule has 1 aliphatic carbocycles. The van der Waals surface area contributed by atoms with Crippen molar-refractivity contribution < 1.29 is 9.84 Å². The molecule has 4 rings (SSSR count). The number of nitrogens with one attached hydrogen (secondary N) is 1. The molecule has 8 nitrogen and oxygen atoms in total. The van der Waals surface area contributed by atoms with Gasteiger partial charge < -0.3 is 14.8 Å². The monoisotopic (exact) mass is 453 g/mol. The van der Waals surface area contributed by atoms with E-state index in [1.54, 1.807) is 4.52 Å². The van der Waals surface area contributed by atoms with Crippen LogP contribution in [0.2, 0.25) is 0 Å². The Balaban J connectivity index is 1.81. The number of ether oxygens (including phenoxy) is 1. The molecule has 33 heavy (non-hydrogen) atoms. The van der Waals surface area contributed by atoms with Crippen LogP contribution >= 0.6 is 0 Å². The van der Waals surface area contributed by atoms with Crippen LogP contribution in [0.5, 0.6) is 5.75 Å². The van der Waals surface area contributed by atoms with E-state index in [2.05, 4.69) is 4.98 Å². The summed E-state index contributed by atoms with van der Waals surface area (Å²) in [6.45, 7) is 5.70. The fraction of sp³-hybridized carbons (Fsp3) is 0.560. The quantitative estimate of drug-likeness (QED) is 0.506. The molecular weight excluding hydrogens is 418 g/mol. The lowest BCUT2D eigenvalue weighted by Gasteiger charge is -2.17. The van der Waals surface area contributed by atoms with Gasteiger partial charge in [-0.25, -0.2) is 9.50 Å². The summed E-state index contributed by atoms with van der Waals surface area (Å²) in [5, 5.41) is 14.1. The first-order chi connectivity index (χ1) is 16.0. The van der Waals surface area contributed by atoms with Crippen molar-refractivity contribution in [3.05, 3.63) is 45.6 Å². The highest BCUT2D eigenvalue weighted by molar-refractivity contribution is 5.66. The summed E-state index contributed by atoms with van der Waals surface area (Å²) in [6.07, 6.45) is 7.05. The summed E-state index contributed by atoms with van der Waals surface area (Å²) in [5.41, 5.74) is 2.87. The van der Waals surface area contributed by atoms with Crippen LogP contribution in [0.15, 0.2) is 23.0 Å². The van der Waals surface area contributed by atoms with E-state index in [-0.39, 0.29) is 12.2 Å². The number of hydrogen-bond donors (Lipinski definition) is 2. The van der Waals surface area contributed by atoms with E-state index in [0.717, 1.165) is 35.5 Å². The van der Waals surface area contributed by atoms with Crippen LogP contribution in [-0.2, 0) is 6.54 Å². The van der Waals surface area contributed by atoms with E-state index in [0.29, 0.717) is 42.7 Å². The minimum atomic E-state index is -0.185. The Hall–Kier alpha value is -2.71. The number of H-pyrrole nitrogens is 1. The van der Waals surface area contributed by atoms with E-state index in [1.807, 2.05) is 44.0 Å². The molecule has 8 heteroatoms. The van der Waals surface area contributed by atoms with Gasteiger partial charge in [0, 0.05) is 19.0 Å². The summed E-state index contributed by atoms with van der Waals surface area (Å²) < 4.78 is 7.66. The third-order valence-corrected chi connectivity index (χ3v) is 6.45. The first-order valence-corrected chi connectivity index (χ1v) is 12.1. The number of nitrogens with zero attached hydrogens (tertiary/aromatic N) is 4.